The van der Waals surface area contributed by atoms with Gasteiger partial charge < -0.3 is 15.5 Å². The van der Waals surface area contributed by atoms with E-state index in [1.54, 1.807) is 6.20 Å². The Balaban J connectivity index is 2.27. The quantitative estimate of drug-likeness (QED) is 0.612. The minimum atomic E-state index is 0.0427. The Hall–Kier alpha value is -1.62. The Morgan fingerprint density at radius 3 is 3.06 bits per heavy atom. The summed E-state index contributed by atoms with van der Waals surface area (Å²) in [5.74, 6) is 0.0427. The van der Waals surface area contributed by atoms with E-state index in [0.717, 1.165) is 18.8 Å². The predicted octanol–water partition coefficient (Wildman–Crippen LogP) is 0.896. The molecule has 0 amide bonds. The van der Waals surface area contributed by atoms with Crippen molar-refractivity contribution >= 4 is 11.5 Å². The van der Waals surface area contributed by atoms with Crippen LogP contribution in [-0.4, -0.2) is 48.9 Å². The van der Waals surface area contributed by atoms with Gasteiger partial charge in [0, 0.05) is 25.3 Å². The van der Waals surface area contributed by atoms with E-state index in [-0.39, 0.29) is 5.84 Å². The van der Waals surface area contributed by atoms with Crippen LogP contribution in [0.4, 0.5) is 5.69 Å². The van der Waals surface area contributed by atoms with E-state index < -0.39 is 0 Å². The van der Waals surface area contributed by atoms with Crippen molar-refractivity contribution in [3.05, 3.63) is 24.0 Å². The van der Waals surface area contributed by atoms with Crippen LogP contribution in [0.5, 0.6) is 0 Å². The van der Waals surface area contributed by atoms with Gasteiger partial charge in [-0.3, -0.25) is 10.4 Å². The summed E-state index contributed by atoms with van der Waals surface area (Å²) in [6, 6.07) is 4.41. The molecule has 2 heterocycles. The van der Waals surface area contributed by atoms with Crippen molar-refractivity contribution in [2.45, 2.75) is 18.9 Å². The highest BCUT2D eigenvalue weighted by atomic mass is 15.2. The first-order valence-corrected chi connectivity index (χ1v) is 6.30. The molecule has 1 aromatic heterocycles. The Bertz CT molecular complexity index is 429. The fourth-order valence-electron chi connectivity index (χ4n) is 2.60. The molecule has 0 saturated carbocycles. The number of likely N-dealkylation sites (N-methyl/N-ethyl adjacent to an activating group) is 1. The number of amidine groups is 1. The largest absolute Gasteiger partial charge is 0.382 e. The molecular formula is C13H21N5. The summed E-state index contributed by atoms with van der Waals surface area (Å²) in [6.45, 7) is 2.04. The number of nitrogens with one attached hydrogen (secondary N) is 1. The van der Waals surface area contributed by atoms with E-state index in [0.29, 0.717) is 11.7 Å². The second kappa shape index (κ2) is 5.35. The molecule has 1 aromatic rings. The molecule has 1 saturated heterocycles. The number of pyridine rings is 1. The summed E-state index contributed by atoms with van der Waals surface area (Å²) in [5, 5.41) is 7.63. The zero-order valence-corrected chi connectivity index (χ0v) is 11.1. The van der Waals surface area contributed by atoms with E-state index in [1.165, 1.54) is 12.8 Å². The first kappa shape index (κ1) is 12.8. The highest BCUT2D eigenvalue weighted by Crippen LogP contribution is 2.27. The minimum Gasteiger partial charge on any atom is -0.382 e. The van der Waals surface area contributed by atoms with Crippen molar-refractivity contribution in [2.75, 3.05) is 32.1 Å². The lowest BCUT2D eigenvalue weighted by Gasteiger charge is -2.30. The normalized spacial score (nSPS) is 19.5. The standard InChI is InChI=1S/C13H21N5/c1-17(2)9-10-5-4-8-18(10)11-6-3-7-16-12(11)13(14)15/h3,6-7,10H,4-5,8-9H2,1-2H3,(H3,14,15). The van der Waals surface area contributed by atoms with Crippen molar-refractivity contribution in [2.24, 2.45) is 5.73 Å². The minimum absolute atomic E-state index is 0.0427. The Morgan fingerprint density at radius 2 is 2.39 bits per heavy atom. The Labute approximate surface area is 108 Å². The molecule has 3 N–H and O–H groups in total. The molecule has 5 nitrogen and oxygen atoms in total. The summed E-state index contributed by atoms with van der Waals surface area (Å²) in [7, 11) is 4.18. The first-order chi connectivity index (χ1) is 8.59. The van der Waals surface area contributed by atoms with Crippen molar-refractivity contribution in [3.8, 4) is 0 Å². The second-order valence-electron chi connectivity index (χ2n) is 5.04. The number of nitrogens with zero attached hydrogens (tertiary/aromatic N) is 3. The molecule has 0 aliphatic carbocycles. The number of nitrogen functional groups attached to an aromatic ring is 1. The molecular weight excluding hydrogens is 226 g/mol. The third-order valence-corrected chi connectivity index (χ3v) is 3.30. The van der Waals surface area contributed by atoms with Gasteiger partial charge in [0.25, 0.3) is 0 Å². The molecule has 1 atom stereocenters. The molecule has 1 fully saturated rings. The van der Waals surface area contributed by atoms with Gasteiger partial charge in [-0.1, -0.05) is 0 Å². The molecule has 18 heavy (non-hydrogen) atoms. The van der Waals surface area contributed by atoms with Gasteiger partial charge >= 0.3 is 0 Å². The molecule has 2 rings (SSSR count). The van der Waals surface area contributed by atoms with Crippen LogP contribution in [0.1, 0.15) is 18.5 Å². The number of nitrogens with two attached hydrogens (primary N) is 1. The van der Waals surface area contributed by atoms with Gasteiger partial charge in [0.1, 0.15) is 11.5 Å². The lowest BCUT2D eigenvalue weighted by Crippen LogP contribution is -2.38. The average Bonchev–Trinajstić information content (AvgIpc) is 2.76. The van der Waals surface area contributed by atoms with Crippen LogP contribution in [0.25, 0.3) is 0 Å². The maximum Gasteiger partial charge on any atom is 0.143 e. The maximum atomic E-state index is 7.63. The third-order valence-electron chi connectivity index (χ3n) is 3.30. The van der Waals surface area contributed by atoms with Crippen LogP contribution in [0.3, 0.4) is 0 Å². The Morgan fingerprint density at radius 1 is 1.61 bits per heavy atom. The fourth-order valence-corrected chi connectivity index (χ4v) is 2.60. The van der Waals surface area contributed by atoms with Gasteiger partial charge in [0.2, 0.25) is 0 Å². The molecule has 1 aliphatic rings. The molecule has 0 bridgehead atoms. The summed E-state index contributed by atoms with van der Waals surface area (Å²) in [6.07, 6.45) is 4.06. The van der Waals surface area contributed by atoms with Gasteiger partial charge in [0.15, 0.2) is 0 Å². The van der Waals surface area contributed by atoms with Gasteiger partial charge in [-0.15, -0.1) is 0 Å². The number of hydrogen-bond acceptors (Lipinski definition) is 4. The second-order valence-corrected chi connectivity index (χ2v) is 5.04. The van der Waals surface area contributed by atoms with Gasteiger partial charge in [-0.25, -0.2) is 0 Å². The van der Waals surface area contributed by atoms with Crippen LogP contribution >= 0.6 is 0 Å². The third kappa shape index (κ3) is 2.61. The maximum absolute atomic E-state index is 7.63. The van der Waals surface area contributed by atoms with E-state index in [2.05, 4.69) is 28.9 Å². The molecule has 1 unspecified atom stereocenters. The molecule has 0 spiro atoms. The van der Waals surface area contributed by atoms with Crippen molar-refractivity contribution in [1.82, 2.24) is 9.88 Å². The van der Waals surface area contributed by atoms with Crippen LogP contribution in [0.15, 0.2) is 18.3 Å². The average molecular weight is 247 g/mol. The SMILES string of the molecule is CN(C)CC1CCCN1c1cccnc1C(=N)N. The van der Waals surface area contributed by atoms with Crippen LogP contribution < -0.4 is 10.6 Å². The summed E-state index contributed by atoms with van der Waals surface area (Å²) >= 11 is 0. The van der Waals surface area contributed by atoms with Gasteiger partial charge in [-0.2, -0.15) is 0 Å². The van der Waals surface area contributed by atoms with Crippen LogP contribution in [-0.2, 0) is 0 Å². The highest BCUT2D eigenvalue weighted by Gasteiger charge is 2.27. The number of anilines is 1. The van der Waals surface area contributed by atoms with Crippen LogP contribution in [0.2, 0.25) is 0 Å². The lowest BCUT2D eigenvalue weighted by molar-refractivity contribution is 0.372. The monoisotopic (exact) mass is 247 g/mol. The van der Waals surface area contributed by atoms with E-state index in [9.17, 15) is 0 Å². The Kier molecular flexibility index (Phi) is 3.81. The summed E-state index contributed by atoms with van der Waals surface area (Å²) in [5.41, 5.74) is 7.21. The molecule has 0 radical (unpaired) electrons. The number of hydrogen-bond donors (Lipinski definition) is 2. The van der Waals surface area contributed by atoms with Gasteiger partial charge in [0.05, 0.1) is 5.69 Å². The topological polar surface area (TPSA) is 69.2 Å². The zero-order valence-electron chi connectivity index (χ0n) is 11.1. The number of rotatable bonds is 4. The van der Waals surface area contributed by atoms with Crippen LogP contribution in [0, 0.1) is 5.41 Å². The molecule has 98 valence electrons. The smallest absolute Gasteiger partial charge is 0.143 e. The number of aromatic nitrogens is 1. The lowest BCUT2D eigenvalue weighted by atomic mass is 10.2. The van der Waals surface area contributed by atoms with Gasteiger partial charge in [-0.05, 0) is 39.1 Å². The molecule has 5 heteroatoms. The molecule has 0 aromatic carbocycles. The summed E-state index contributed by atoms with van der Waals surface area (Å²) < 4.78 is 0. The van der Waals surface area contributed by atoms with E-state index >= 15 is 0 Å². The fraction of sp³-hybridized carbons (Fsp3) is 0.538. The van der Waals surface area contributed by atoms with Crippen molar-refractivity contribution in [1.29, 1.82) is 5.41 Å². The summed E-state index contributed by atoms with van der Waals surface area (Å²) in [4.78, 5) is 8.77. The van der Waals surface area contributed by atoms with Crippen molar-refractivity contribution < 1.29 is 0 Å². The van der Waals surface area contributed by atoms with Crippen molar-refractivity contribution in [3.63, 3.8) is 0 Å². The molecule has 1 aliphatic heterocycles. The predicted molar refractivity (Wildman–Crippen MR) is 74.2 cm³/mol. The van der Waals surface area contributed by atoms with E-state index in [1.807, 2.05) is 12.1 Å². The van der Waals surface area contributed by atoms with E-state index in [4.69, 9.17) is 11.1 Å². The zero-order chi connectivity index (χ0) is 13.1. The highest BCUT2D eigenvalue weighted by molar-refractivity contribution is 5.98. The first-order valence-electron chi connectivity index (χ1n) is 6.30.